The van der Waals surface area contributed by atoms with Gasteiger partial charge in [0.1, 0.15) is 0 Å². The smallest absolute Gasteiger partial charge is 0 e. The van der Waals surface area contributed by atoms with Gasteiger partial charge in [-0.1, -0.05) is 0 Å². The van der Waals surface area contributed by atoms with Crippen LogP contribution in [0.1, 0.15) is 0 Å². The van der Waals surface area contributed by atoms with Crippen LogP contribution in [-0.2, 0) is 119 Å². The van der Waals surface area contributed by atoms with Crippen LogP contribution in [0.2, 0.25) is 0 Å². The van der Waals surface area contributed by atoms with E-state index in [0.29, 0.717) is 0 Å². The summed E-state index contributed by atoms with van der Waals surface area (Å²) < 4.78 is 0. The molecule has 0 N–H and O–H groups in total. The Kier molecular flexibility index (Phi) is 19.4. The van der Waals surface area contributed by atoms with Crippen LogP contribution in [0.5, 0.6) is 0 Å². The normalized spacial score (nSPS) is 11.2. The average molecular weight is 751 g/mol. The largest absolute Gasteiger partial charge is 2.00 e. The van der Waals surface area contributed by atoms with Crippen LogP contribution in [0.25, 0.3) is 0 Å². The molecule has 0 rings (SSSR count). The van der Waals surface area contributed by atoms with Gasteiger partial charge in [-0.3, -0.25) is 0 Å². The standard InChI is InChI=1S/12CN.2Fe.5Zn/c12*1-2;;;;;;;/q;;;;;;;;;;;;2*-3;;;3*+2. The van der Waals surface area contributed by atoms with Gasteiger partial charge in [-0.15, -0.1) is 0 Å². The fourth-order valence-electron chi connectivity index (χ4n) is 0.530. The minimum Gasteiger partial charge on any atom is 0 e. The molecule has 0 saturated carbocycles. The minimum absolute atomic E-state index is 0. The molecular formula is C12Fe2N12Zn5. The molecule has 0 aliphatic rings. The SMILES string of the molecule is N#[C][Fe-3]([C]#N)([C]#N)([C]#N)([C]#N)[C]#N.N#[C][Fe-3]([C]#N)([C]#N)([C]#N)([C]#N)[C]#N.[Zn+2].[Zn+2].[Zn+2].[Zn].[Zn]. The molecule has 0 amide bonds. The molecule has 0 fully saturated rings. The van der Waals surface area contributed by atoms with Crippen molar-refractivity contribution in [2.75, 3.05) is 0 Å². The van der Waals surface area contributed by atoms with Crippen molar-refractivity contribution >= 4 is 0 Å². The zero-order valence-corrected chi connectivity index (χ0v) is 32.7. The van der Waals surface area contributed by atoms with Crippen LogP contribution < -0.4 is 0 Å². The van der Waals surface area contributed by atoms with Gasteiger partial charge in [0.05, 0.1) is 0 Å². The average Bonchev–Trinajstić information content (AvgIpc) is 2.77. The van der Waals surface area contributed by atoms with Crippen molar-refractivity contribution in [3.05, 3.63) is 0 Å². The predicted molar refractivity (Wildman–Crippen MR) is 67.4 cm³/mol. The van der Waals surface area contributed by atoms with E-state index in [2.05, 4.69) is 0 Å². The molecule has 19 heteroatoms. The Balaban J connectivity index is -0.0000000640. The van der Waals surface area contributed by atoms with E-state index in [4.69, 9.17) is 63.1 Å². The summed E-state index contributed by atoms with van der Waals surface area (Å²) in [6.45, 7) is 0. The summed E-state index contributed by atoms with van der Waals surface area (Å²) in [7, 11) is -12.3. The molecule has 0 radical (unpaired) electrons. The summed E-state index contributed by atoms with van der Waals surface area (Å²) in [5, 5.41) is 103. The van der Waals surface area contributed by atoms with E-state index in [1.807, 2.05) is 0 Å². The van der Waals surface area contributed by atoms with Crippen molar-refractivity contribution in [3.63, 3.8) is 0 Å². The number of hydrogen-bond donors (Lipinski definition) is 0. The summed E-state index contributed by atoms with van der Waals surface area (Å²) in [6, 6.07) is 0. The van der Waals surface area contributed by atoms with Gasteiger partial charge in [0.2, 0.25) is 0 Å². The molecule has 0 aromatic carbocycles. The molecule has 0 aliphatic heterocycles. The van der Waals surface area contributed by atoms with Crippen LogP contribution in [0.3, 0.4) is 0 Å². The molecule has 0 heterocycles. The van der Waals surface area contributed by atoms with Crippen LogP contribution in [0.15, 0.2) is 0 Å². The van der Waals surface area contributed by atoms with Gasteiger partial charge in [-0.2, -0.15) is 0 Å². The molecule has 0 bridgehead atoms. The minimum atomic E-state index is -6.17. The molecule has 0 aliphatic carbocycles. The fourth-order valence-corrected chi connectivity index (χ4v) is 2.19. The van der Waals surface area contributed by atoms with Gasteiger partial charge in [-0.25, -0.2) is 0 Å². The molecule has 134 valence electrons. The molecule has 0 saturated heterocycles. The molecule has 0 aromatic heterocycles. The van der Waals surface area contributed by atoms with Crippen molar-refractivity contribution in [1.82, 2.24) is 0 Å². The summed E-state index contributed by atoms with van der Waals surface area (Å²) >= 11 is 0. The van der Waals surface area contributed by atoms with E-state index in [1.165, 1.54) is 0 Å². The third-order valence-electron chi connectivity index (χ3n) is 2.37. The Morgan fingerprint density at radius 1 is 0.258 bits per heavy atom. The van der Waals surface area contributed by atoms with E-state index in [-0.39, 0.29) is 97.4 Å². The molecule has 31 heavy (non-hydrogen) atoms. The van der Waals surface area contributed by atoms with Crippen LogP contribution in [0, 0.1) is 123 Å². The predicted octanol–water partition coefficient (Wildman–Crippen LogP) is 0.184. The Bertz CT molecular complexity index is 896. The maximum Gasteiger partial charge on any atom is 2.00 e. The quantitative estimate of drug-likeness (QED) is 0.300. The van der Waals surface area contributed by atoms with Gasteiger partial charge in [0.15, 0.2) is 0 Å². The van der Waals surface area contributed by atoms with E-state index in [1.54, 1.807) is 0 Å². The third kappa shape index (κ3) is 5.64. The van der Waals surface area contributed by atoms with Crippen molar-refractivity contribution in [2.24, 2.45) is 0 Å². The molecule has 0 unspecified atom stereocenters. The Morgan fingerprint density at radius 2 is 0.323 bits per heavy atom. The first-order valence-electron chi connectivity index (χ1n) is 4.80. The molecule has 0 aromatic rings. The summed E-state index contributed by atoms with van der Waals surface area (Å²) in [6.07, 6.45) is 0. The van der Waals surface area contributed by atoms with Gasteiger partial charge >= 0.3 is 203 Å². The third-order valence-corrected chi connectivity index (χ3v) is 9.78. The first-order chi connectivity index (χ1) is 11.9. The van der Waals surface area contributed by atoms with Gasteiger partial charge < -0.3 is 0 Å². The summed E-state index contributed by atoms with van der Waals surface area (Å²) in [5.41, 5.74) is 0. The second-order valence-electron chi connectivity index (χ2n) is 3.60. The fraction of sp³-hybridized carbons (Fsp3) is 0. The number of nitriles is 12. The van der Waals surface area contributed by atoms with Crippen molar-refractivity contribution < 1.29 is 119 Å². The second-order valence-corrected chi connectivity index (χ2v) is 14.8. The van der Waals surface area contributed by atoms with Crippen molar-refractivity contribution in [2.45, 2.75) is 0 Å². The molecule has 12 nitrogen and oxygen atoms in total. The Labute approximate surface area is 238 Å². The van der Waals surface area contributed by atoms with Crippen LogP contribution >= 0.6 is 0 Å². The molecular weight excluding hydrogens is 751 g/mol. The van der Waals surface area contributed by atoms with E-state index in [9.17, 15) is 0 Å². The topological polar surface area (TPSA) is 285 Å². The van der Waals surface area contributed by atoms with Gasteiger partial charge in [0.25, 0.3) is 0 Å². The van der Waals surface area contributed by atoms with Crippen molar-refractivity contribution in [3.8, 4) is 59.6 Å². The van der Waals surface area contributed by atoms with Gasteiger partial charge in [-0.05, 0) is 0 Å². The Hall–Kier alpha value is -1.96. The number of nitrogens with zero attached hydrogens (tertiary/aromatic N) is 12. The van der Waals surface area contributed by atoms with E-state index < -0.39 is 21.5 Å². The summed E-state index contributed by atoms with van der Waals surface area (Å²) in [5.74, 6) is 0. The van der Waals surface area contributed by atoms with Crippen LogP contribution in [-0.4, -0.2) is 0 Å². The zero-order chi connectivity index (χ0) is 21.3. The Morgan fingerprint density at radius 3 is 0.323 bits per heavy atom. The molecule has 0 spiro atoms. The molecule has 0 atom stereocenters. The van der Waals surface area contributed by atoms with E-state index in [0.717, 1.165) is 59.6 Å². The van der Waals surface area contributed by atoms with Crippen molar-refractivity contribution in [1.29, 1.82) is 63.1 Å². The maximum absolute atomic E-state index is 8.58. The first kappa shape index (κ1) is 47.0. The van der Waals surface area contributed by atoms with Gasteiger partial charge in [0, 0.05) is 39.0 Å². The van der Waals surface area contributed by atoms with E-state index >= 15 is 0 Å². The van der Waals surface area contributed by atoms with Crippen LogP contribution in [0.4, 0.5) is 0 Å². The monoisotopic (exact) mass is 744 g/mol. The summed E-state index contributed by atoms with van der Waals surface area (Å²) in [4.78, 5) is 12.4. The number of hydrogen-bond acceptors (Lipinski definition) is 12. The second kappa shape index (κ2) is 12.8. The first-order valence-corrected chi connectivity index (χ1v) is 11.4. The maximum atomic E-state index is 8.58. The number of rotatable bonds is 0. The zero-order valence-electron chi connectivity index (χ0n) is 15.6.